The summed E-state index contributed by atoms with van der Waals surface area (Å²) in [5.41, 5.74) is 1.34. The second-order valence-corrected chi connectivity index (χ2v) is 4.68. The second kappa shape index (κ2) is 6.13. The summed E-state index contributed by atoms with van der Waals surface area (Å²) in [5.74, 6) is 0. The number of benzene rings is 1. The van der Waals surface area contributed by atoms with Crippen LogP contribution in [0.25, 0.3) is 0 Å². The number of pyridine rings is 1. The van der Waals surface area contributed by atoms with Gasteiger partial charge in [0.2, 0.25) is 0 Å². The van der Waals surface area contributed by atoms with E-state index >= 15 is 0 Å². The third-order valence-corrected chi connectivity index (χ3v) is 3.12. The van der Waals surface area contributed by atoms with Crippen LogP contribution < -0.4 is 4.90 Å². The van der Waals surface area contributed by atoms with Gasteiger partial charge >= 0.3 is 6.18 Å². The van der Waals surface area contributed by atoms with E-state index in [9.17, 15) is 18.3 Å². The first-order valence-electron chi connectivity index (χ1n) is 6.34. The highest BCUT2D eigenvalue weighted by molar-refractivity contribution is 5.52. The van der Waals surface area contributed by atoms with Gasteiger partial charge in [0, 0.05) is 24.5 Å². The van der Waals surface area contributed by atoms with Gasteiger partial charge in [0.1, 0.15) is 0 Å². The minimum absolute atomic E-state index is 0.0963. The molecule has 0 aliphatic carbocycles. The van der Waals surface area contributed by atoms with Crippen LogP contribution in [0, 0.1) is 0 Å². The Bertz CT molecular complexity index is 597. The van der Waals surface area contributed by atoms with Crippen molar-refractivity contribution in [3.63, 3.8) is 0 Å². The number of rotatable bonds is 4. The Balaban J connectivity index is 2.14. The number of aliphatic hydroxyl groups excluding tert-OH is 1. The molecule has 1 aromatic heterocycles. The van der Waals surface area contributed by atoms with Crippen molar-refractivity contribution in [1.82, 2.24) is 4.98 Å². The fourth-order valence-electron chi connectivity index (χ4n) is 2.03. The molecule has 6 heteroatoms. The average molecular weight is 296 g/mol. The monoisotopic (exact) mass is 296 g/mol. The molecule has 0 radical (unpaired) electrons. The predicted molar refractivity (Wildman–Crippen MR) is 73.7 cm³/mol. The molecule has 3 nitrogen and oxygen atoms in total. The van der Waals surface area contributed by atoms with Crippen molar-refractivity contribution < 1.29 is 18.3 Å². The number of halogens is 3. The Morgan fingerprint density at radius 1 is 1.14 bits per heavy atom. The number of aromatic nitrogens is 1. The van der Waals surface area contributed by atoms with Crippen LogP contribution in [0.15, 0.2) is 42.6 Å². The number of alkyl halides is 3. The quantitative estimate of drug-likeness (QED) is 0.941. The van der Waals surface area contributed by atoms with Gasteiger partial charge in [0.25, 0.3) is 0 Å². The SMILES string of the molecule is CN(Cc1ccc(C(F)(F)F)cn1)c1ccccc1CO. The van der Waals surface area contributed by atoms with E-state index in [1.54, 1.807) is 13.1 Å². The molecule has 0 fully saturated rings. The number of nitrogens with zero attached hydrogens (tertiary/aromatic N) is 2. The second-order valence-electron chi connectivity index (χ2n) is 4.68. The highest BCUT2D eigenvalue weighted by atomic mass is 19.4. The molecule has 0 unspecified atom stereocenters. The van der Waals surface area contributed by atoms with E-state index in [1.807, 2.05) is 23.1 Å². The molecule has 1 heterocycles. The van der Waals surface area contributed by atoms with Gasteiger partial charge in [-0.1, -0.05) is 18.2 Å². The van der Waals surface area contributed by atoms with E-state index in [2.05, 4.69) is 4.98 Å². The third kappa shape index (κ3) is 3.72. The summed E-state index contributed by atoms with van der Waals surface area (Å²) < 4.78 is 37.4. The summed E-state index contributed by atoms with van der Waals surface area (Å²) >= 11 is 0. The van der Waals surface area contributed by atoms with E-state index in [-0.39, 0.29) is 6.61 Å². The van der Waals surface area contributed by atoms with Gasteiger partial charge in [0.15, 0.2) is 0 Å². The van der Waals surface area contributed by atoms with Crippen molar-refractivity contribution in [3.05, 3.63) is 59.4 Å². The Kier molecular flexibility index (Phi) is 4.47. The molecule has 2 aromatic rings. The first-order valence-corrected chi connectivity index (χ1v) is 6.34. The summed E-state index contributed by atoms with van der Waals surface area (Å²) in [6, 6.07) is 9.68. The van der Waals surface area contributed by atoms with Crippen LogP contribution in [-0.4, -0.2) is 17.1 Å². The fourth-order valence-corrected chi connectivity index (χ4v) is 2.03. The lowest BCUT2D eigenvalue weighted by molar-refractivity contribution is -0.137. The van der Waals surface area contributed by atoms with Crippen LogP contribution >= 0.6 is 0 Å². The smallest absolute Gasteiger partial charge is 0.392 e. The van der Waals surface area contributed by atoms with Crippen molar-refractivity contribution in [1.29, 1.82) is 0 Å². The van der Waals surface area contributed by atoms with Gasteiger partial charge in [-0.05, 0) is 18.2 Å². The van der Waals surface area contributed by atoms with Crippen LogP contribution in [-0.2, 0) is 19.3 Å². The number of aliphatic hydroxyl groups is 1. The van der Waals surface area contributed by atoms with E-state index in [0.717, 1.165) is 23.5 Å². The molecule has 0 saturated heterocycles. The van der Waals surface area contributed by atoms with Crippen molar-refractivity contribution in [2.45, 2.75) is 19.3 Å². The summed E-state index contributed by atoms with van der Waals surface area (Å²) in [6.45, 7) is 0.260. The number of para-hydroxylation sites is 1. The van der Waals surface area contributed by atoms with E-state index in [0.29, 0.717) is 12.2 Å². The minimum atomic E-state index is -4.37. The molecule has 0 bridgehead atoms. The van der Waals surface area contributed by atoms with Gasteiger partial charge in [-0.3, -0.25) is 4.98 Å². The average Bonchev–Trinajstić information content (AvgIpc) is 2.46. The number of hydrogen-bond donors (Lipinski definition) is 1. The molecule has 1 N–H and O–H groups in total. The molecular weight excluding hydrogens is 281 g/mol. The van der Waals surface area contributed by atoms with Crippen molar-refractivity contribution in [2.75, 3.05) is 11.9 Å². The molecule has 0 aliphatic rings. The predicted octanol–water partition coefficient (Wildman–Crippen LogP) is 3.23. The van der Waals surface area contributed by atoms with Crippen LogP contribution in [0.1, 0.15) is 16.8 Å². The molecule has 2 rings (SSSR count). The van der Waals surface area contributed by atoms with E-state index in [1.165, 1.54) is 6.07 Å². The lowest BCUT2D eigenvalue weighted by atomic mass is 10.1. The van der Waals surface area contributed by atoms with E-state index in [4.69, 9.17) is 0 Å². The van der Waals surface area contributed by atoms with Crippen LogP contribution in [0.3, 0.4) is 0 Å². The summed E-state index contributed by atoms with van der Waals surface area (Å²) in [6.07, 6.45) is -3.54. The zero-order valence-corrected chi connectivity index (χ0v) is 11.4. The highest BCUT2D eigenvalue weighted by Crippen LogP contribution is 2.28. The topological polar surface area (TPSA) is 36.4 Å². The van der Waals surface area contributed by atoms with Crippen molar-refractivity contribution in [3.8, 4) is 0 Å². The molecule has 0 amide bonds. The third-order valence-electron chi connectivity index (χ3n) is 3.12. The maximum atomic E-state index is 12.5. The van der Waals surface area contributed by atoms with Gasteiger partial charge in [-0.25, -0.2) is 0 Å². The normalized spacial score (nSPS) is 11.5. The van der Waals surface area contributed by atoms with Crippen LogP contribution in [0.4, 0.5) is 18.9 Å². The molecule has 0 atom stereocenters. The fraction of sp³-hybridized carbons (Fsp3) is 0.267. The lowest BCUT2D eigenvalue weighted by Gasteiger charge is -2.21. The van der Waals surface area contributed by atoms with Crippen LogP contribution in [0.2, 0.25) is 0 Å². The first-order chi connectivity index (χ1) is 9.91. The van der Waals surface area contributed by atoms with E-state index < -0.39 is 11.7 Å². The molecule has 0 aliphatic heterocycles. The first kappa shape index (κ1) is 15.3. The summed E-state index contributed by atoms with van der Waals surface area (Å²) in [5, 5.41) is 9.29. The minimum Gasteiger partial charge on any atom is -0.392 e. The van der Waals surface area contributed by atoms with Crippen molar-refractivity contribution in [2.24, 2.45) is 0 Å². The Morgan fingerprint density at radius 3 is 2.43 bits per heavy atom. The molecular formula is C15H15F3N2O. The Labute approximate surface area is 120 Å². The standard InChI is InChI=1S/C15H15F3N2O/c1-20(14-5-3-2-4-11(14)10-21)9-13-7-6-12(8-19-13)15(16,17)18/h2-8,21H,9-10H2,1H3. The Hall–Kier alpha value is -2.08. The van der Waals surface area contributed by atoms with Gasteiger partial charge in [0.05, 0.1) is 24.4 Å². The zero-order valence-electron chi connectivity index (χ0n) is 11.4. The van der Waals surface area contributed by atoms with Gasteiger partial charge < -0.3 is 10.0 Å². The molecule has 0 saturated carbocycles. The number of hydrogen-bond acceptors (Lipinski definition) is 3. The highest BCUT2D eigenvalue weighted by Gasteiger charge is 2.30. The van der Waals surface area contributed by atoms with Gasteiger partial charge in [-0.2, -0.15) is 13.2 Å². The summed E-state index contributed by atoms with van der Waals surface area (Å²) in [4.78, 5) is 5.68. The Morgan fingerprint density at radius 2 is 1.86 bits per heavy atom. The molecule has 1 aromatic carbocycles. The largest absolute Gasteiger partial charge is 0.417 e. The lowest BCUT2D eigenvalue weighted by Crippen LogP contribution is -2.19. The zero-order chi connectivity index (χ0) is 15.5. The molecule has 112 valence electrons. The summed E-state index contributed by atoms with van der Waals surface area (Å²) in [7, 11) is 1.80. The van der Waals surface area contributed by atoms with Gasteiger partial charge in [-0.15, -0.1) is 0 Å². The maximum Gasteiger partial charge on any atom is 0.417 e. The maximum absolute atomic E-state index is 12.5. The van der Waals surface area contributed by atoms with Crippen molar-refractivity contribution >= 4 is 5.69 Å². The van der Waals surface area contributed by atoms with Crippen LogP contribution in [0.5, 0.6) is 0 Å². The number of anilines is 1. The molecule has 21 heavy (non-hydrogen) atoms. The molecule has 0 spiro atoms.